The average Bonchev–Trinajstić information content (AvgIpc) is 3.26. The van der Waals surface area contributed by atoms with Crippen molar-refractivity contribution >= 4 is 35.0 Å². The number of carbonyl (C=O) groups is 1. The van der Waals surface area contributed by atoms with Crippen molar-refractivity contribution < 1.29 is 14.3 Å². The number of hydrogen-bond donors (Lipinski definition) is 3. The molecule has 1 amide bonds. The quantitative estimate of drug-likeness (QED) is 0.226. The molecule has 1 heterocycles. The van der Waals surface area contributed by atoms with Crippen LogP contribution in [0.4, 0.5) is 11.6 Å². The molecule has 0 aliphatic rings. The van der Waals surface area contributed by atoms with E-state index in [0.717, 1.165) is 28.5 Å². The van der Waals surface area contributed by atoms with Crippen LogP contribution in [0.2, 0.25) is 0 Å². The molecule has 0 unspecified atom stereocenters. The molecular weight excluding hydrogens is 428 g/mol. The largest absolute Gasteiger partial charge is 0.497 e. The summed E-state index contributed by atoms with van der Waals surface area (Å²) in [6, 6.07) is 14.9. The fourth-order valence-electron chi connectivity index (χ4n) is 2.65. The van der Waals surface area contributed by atoms with Crippen molar-refractivity contribution in [1.82, 2.24) is 15.2 Å². The molecule has 9 nitrogen and oxygen atoms in total. The van der Waals surface area contributed by atoms with Crippen molar-refractivity contribution in [2.24, 2.45) is 5.10 Å². The van der Waals surface area contributed by atoms with E-state index in [1.54, 1.807) is 7.11 Å². The maximum atomic E-state index is 12.1. The van der Waals surface area contributed by atoms with Crippen molar-refractivity contribution in [3.05, 3.63) is 54.1 Å². The second kappa shape index (κ2) is 11.8. The normalized spacial score (nSPS) is 11.2. The SMILES string of the molecule is CCOc1ccc(NC(=O)CCSc2n[nH]c(N/N=C(\C)c3ccc(OC)cc3)n2)cc1. The highest BCUT2D eigenvalue weighted by atomic mass is 32.2. The highest BCUT2D eigenvalue weighted by Gasteiger charge is 2.07. The molecule has 10 heteroatoms. The lowest BCUT2D eigenvalue weighted by Crippen LogP contribution is -2.12. The van der Waals surface area contributed by atoms with Gasteiger partial charge >= 0.3 is 0 Å². The molecule has 1 aromatic heterocycles. The summed E-state index contributed by atoms with van der Waals surface area (Å²) in [7, 11) is 1.63. The van der Waals surface area contributed by atoms with Gasteiger partial charge in [0, 0.05) is 17.9 Å². The van der Waals surface area contributed by atoms with Crippen LogP contribution in [0.1, 0.15) is 25.8 Å². The zero-order valence-electron chi connectivity index (χ0n) is 18.2. The smallest absolute Gasteiger partial charge is 0.240 e. The minimum atomic E-state index is -0.0738. The first kappa shape index (κ1) is 23.1. The molecule has 0 saturated carbocycles. The highest BCUT2D eigenvalue weighted by molar-refractivity contribution is 7.99. The number of aromatic amines is 1. The van der Waals surface area contributed by atoms with Crippen LogP contribution in [0.5, 0.6) is 11.5 Å². The molecule has 3 aromatic rings. The van der Waals surface area contributed by atoms with Crippen molar-refractivity contribution in [2.45, 2.75) is 25.4 Å². The van der Waals surface area contributed by atoms with E-state index in [2.05, 4.69) is 31.0 Å². The number of rotatable bonds is 11. The Balaban J connectivity index is 1.42. The van der Waals surface area contributed by atoms with Gasteiger partial charge in [0.1, 0.15) is 11.5 Å². The maximum absolute atomic E-state index is 12.1. The van der Waals surface area contributed by atoms with Crippen LogP contribution in [-0.2, 0) is 4.79 Å². The summed E-state index contributed by atoms with van der Waals surface area (Å²) in [5.41, 5.74) is 5.36. The summed E-state index contributed by atoms with van der Waals surface area (Å²) in [6.45, 7) is 4.43. The Labute approximate surface area is 191 Å². The zero-order valence-corrected chi connectivity index (χ0v) is 19.0. The zero-order chi connectivity index (χ0) is 22.8. The van der Waals surface area contributed by atoms with Gasteiger partial charge in [-0.25, -0.2) is 10.5 Å². The van der Waals surface area contributed by atoms with Crippen molar-refractivity contribution in [2.75, 3.05) is 30.2 Å². The van der Waals surface area contributed by atoms with E-state index in [1.165, 1.54) is 11.8 Å². The van der Waals surface area contributed by atoms with Gasteiger partial charge in [0.2, 0.25) is 17.0 Å². The summed E-state index contributed by atoms with van der Waals surface area (Å²) in [5, 5.41) is 14.6. The van der Waals surface area contributed by atoms with Crippen LogP contribution in [0, 0.1) is 0 Å². The molecule has 168 valence electrons. The summed E-state index contributed by atoms with van der Waals surface area (Å²) >= 11 is 1.39. The number of H-pyrrole nitrogens is 1. The molecule has 0 saturated heterocycles. The standard InChI is InChI=1S/C22H26N6O3S/c1-4-31-19-11-7-17(8-12-19)23-20(29)13-14-32-22-24-21(27-28-22)26-25-15(2)16-5-9-18(30-3)10-6-16/h5-12H,4,13-14H2,1-3H3,(H,23,29)(H2,24,26,27,28)/b25-15+. The van der Waals surface area contributed by atoms with E-state index in [-0.39, 0.29) is 5.91 Å². The van der Waals surface area contributed by atoms with Gasteiger partial charge in [-0.1, -0.05) is 11.8 Å². The monoisotopic (exact) mass is 454 g/mol. The predicted octanol–water partition coefficient (Wildman–Crippen LogP) is 4.17. The van der Waals surface area contributed by atoms with Crippen molar-refractivity contribution in [3.8, 4) is 11.5 Å². The number of hydrogen-bond acceptors (Lipinski definition) is 8. The van der Waals surface area contributed by atoms with E-state index in [0.29, 0.717) is 29.9 Å². The van der Waals surface area contributed by atoms with Crippen LogP contribution < -0.4 is 20.2 Å². The second-order valence-corrected chi connectivity index (χ2v) is 7.67. The Kier molecular flexibility index (Phi) is 8.50. The lowest BCUT2D eigenvalue weighted by atomic mass is 10.1. The van der Waals surface area contributed by atoms with Crippen molar-refractivity contribution in [3.63, 3.8) is 0 Å². The number of ether oxygens (including phenoxy) is 2. The maximum Gasteiger partial charge on any atom is 0.240 e. The van der Waals surface area contributed by atoms with Crippen LogP contribution >= 0.6 is 11.8 Å². The minimum absolute atomic E-state index is 0.0738. The third-order valence-electron chi connectivity index (χ3n) is 4.31. The van der Waals surface area contributed by atoms with Gasteiger partial charge in [0.25, 0.3) is 0 Å². The van der Waals surface area contributed by atoms with Crippen LogP contribution in [0.3, 0.4) is 0 Å². The molecular formula is C22H26N6O3S. The minimum Gasteiger partial charge on any atom is -0.497 e. The van der Waals surface area contributed by atoms with Gasteiger partial charge < -0.3 is 14.8 Å². The molecule has 3 N–H and O–H groups in total. The van der Waals surface area contributed by atoms with Crippen LogP contribution in [-0.4, -0.2) is 46.3 Å². The summed E-state index contributed by atoms with van der Waals surface area (Å²) in [4.78, 5) is 16.5. The van der Waals surface area contributed by atoms with E-state index in [9.17, 15) is 4.79 Å². The number of benzene rings is 2. The van der Waals surface area contributed by atoms with Gasteiger partial charge in [-0.05, 0) is 67.9 Å². The fourth-order valence-corrected chi connectivity index (χ4v) is 3.39. The number of amides is 1. The summed E-state index contributed by atoms with van der Waals surface area (Å²) < 4.78 is 10.6. The number of hydrazone groups is 1. The molecule has 0 fully saturated rings. The first-order valence-corrected chi connectivity index (χ1v) is 11.1. The summed E-state index contributed by atoms with van der Waals surface area (Å²) in [5.74, 6) is 2.47. The fraction of sp³-hybridized carbons (Fsp3) is 0.273. The highest BCUT2D eigenvalue weighted by Crippen LogP contribution is 2.18. The molecule has 0 radical (unpaired) electrons. The van der Waals surface area contributed by atoms with E-state index in [4.69, 9.17) is 9.47 Å². The Bertz CT molecular complexity index is 1030. The second-order valence-electron chi connectivity index (χ2n) is 6.61. The van der Waals surface area contributed by atoms with Gasteiger partial charge in [0.05, 0.1) is 19.4 Å². The molecule has 3 rings (SSSR count). The molecule has 0 aliphatic heterocycles. The predicted molar refractivity (Wildman–Crippen MR) is 127 cm³/mol. The molecule has 2 aromatic carbocycles. The van der Waals surface area contributed by atoms with Crippen molar-refractivity contribution in [1.29, 1.82) is 0 Å². The first-order valence-electron chi connectivity index (χ1n) is 10.1. The molecule has 0 spiro atoms. The Morgan fingerprint density at radius 1 is 1.12 bits per heavy atom. The Morgan fingerprint density at radius 2 is 1.84 bits per heavy atom. The third-order valence-corrected chi connectivity index (χ3v) is 5.16. The van der Waals surface area contributed by atoms with E-state index in [1.807, 2.05) is 62.4 Å². The van der Waals surface area contributed by atoms with Gasteiger partial charge in [-0.15, -0.1) is 5.10 Å². The Morgan fingerprint density at radius 3 is 2.53 bits per heavy atom. The lowest BCUT2D eigenvalue weighted by Gasteiger charge is -2.06. The number of aromatic nitrogens is 3. The van der Waals surface area contributed by atoms with Gasteiger partial charge in [0.15, 0.2) is 0 Å². The van der Waals surface area contributed by atoms with Crippen LogP contribution in [0.25, 0.3) is 0 Å². The lowest BCUT2D eigenvalue weighted by molar-refractivity contribution is -0.115. The van der Waals surface area contributed by atoms with Gasteiger partial charge in [-0.3, -0.25) is 4.79 Å². The third kappa shape index (κ3) is 7.02. The number of nitrogens with zero attached hydrogens (tertiary/aromatic N) is 3. The molecule has 0 aliphatic carbocycles. The molecule has 0 atom stereocenters. The number of anilines is 2. The number of thioether (sulfide) groups is 1. The number of methoxy groups -OCH3 is 1. The average molecular weight is 455 g/mol. The first-order chi connectivity index (χ1) is 15.6. The van der Waals surface area contributed by atoms with E-state index < -0.39 is 0 Å². The van der Waals surface area contributed by atoms with Gasteiger partial charge in [-0.2, -0.15) is 10.1 Å². The number of carbonyl (C=O) groups excluding carboxylic acids is 1. The summed E-state index contributed by atoms with van der Waals surface area (Å²) in [6.07, 6.45) is 0.337. The van der Waals surface area contributed by atoms with E-state index >= 15 is 0 Å². The topological polar surface area (TPSA) is 114 Å². The van der Waals surface area contributed by atoms with Crippen LogP contribution in [0.15, 0.2) is 58.8 Å². The number of nitrogens with one attached hydrogen (secondary N) is 3. The Hall–Kier alpha value is -3.53. The molecule has 0 bridgehead atoms. The molecule has 32 heavy (non-hydrogen) atoms.